The van der Waals surface area contributed by atoms with Crippen LogP contribution in [-0.4, -0.2) is 37.7 Å². The summed E-state index contributed by atoms with van der Waals surface area (Å²) in [7, 11) is 0. The lowest BCUT2D eigenvalue weighted by Gasteiger charge is -2.12. The minimum Gasteiger partial charge on any atom is -0.508 e. The first-order valence-corrected chi connectivity index (χ1v) is 6.70. The Morgan fingerprint density at radius 2 is 2.05 bits per heavy atom. The molecule has 0 unspecified atom stereocenters. The fraction of sp³-hybridized carbons (Fsp3) is 0.357. The summed E-state index contributed by atoms with van der Waals surface area (Å²) in [5, 5.41) is 30.0. The van der Waals surface area contributed by atoms with Crippen LogP contribution in [0.2, 0.25) is 0 Å². The molecule has 0 aliphatic heterocycles. The second-order valence-corrected chi connectivity index (χ2v) is 4.96. The average molecular weight is 290 g/mol. The minimum absolute atomic E-state index is 0.0234. The maximum Gasteiger partial charge on any atom is 0.273 e. The van der Waals surface area contributed by atoms with Crippen molar-refractivity contribution in [2.45, 2.75) is 26.7 Å². The summed E-state index contributed by atoms with van der Waals surface area (Å²) in [5.74, 6) is -0.360. The Bertz CT molecular complexity index is 664. The van der Waals surface area contributed by atoms with Gasteiger partial charge in [0, 0.05) is 12.6 Å². The van der Waals surface area contributed by atoms with E-state index in [0.717, 1.165) is 0 Å². The molecule has 1 aromatic heterocycles. The predicted molar refractivity (Wildman–Crippen MR) is 76.8 cm³/mol. The van der Waals surface area contributed by atoms with E-state index in [9.17, 15) is 15.0 Å². The number of rotatable bonds is 4. The first-order chi connectivity index (χ1) is 9.93. The van der Waals surface area contributed by atoms with Crippen LogP contribution in [0.25, 0.3) is 5.69 Å². The number of nitrogens with one attached hydrogen (secondary N) is 1. The lowest BCUT2D eigenvalue weighted by atomic mass is 10.0. The van der Waals surface area contributed by atoms with Crippen molar-refractivity contribution in [3.8, 4) is 17.2 Å². The van der Waals surface area contributed by atoms with Gasteiger partial charge < -0.3 is 15.5 Å². The average Bonchev–Trinajstić information content (AvgIpc) is 2.88. The number of aromatic nitrogens is 3. The van der Waals surface area contributed by atoms with Gasteiger partial charge in [-0.3, -0.25) is 4.79 Å². The SMILES string of the molecule is CCNC(=O)c1cn(-c2cc(C(C)C)c(O)cc2O)nn1. The van der Waals surface area contributed by atoms with Gasteiger partial charge in [0.25, 0.3) is 5.91 Å². The van der Waals surface area contributed by atoms with E-state index in [1.165, 1.54) is 16.9 Å². The number of hydrogen-bond donors (Lipinski definition) is 3. The number of hydrogen-bond acceptors (Lipinski definition) is 5. The number of aromatic hydroxyl groups is 2. The summed E-state index contributed by atoms with van der Waals surface area (Å²) in [6.07, 6.45) is 1.43. The van der Waals surface area contributed by atoms with Crippen molar-refractivity contribution in [2.24, 2.45) is 0 Å². The van der Waals surface area contributed by atoms with Crippen molar-refractivity contribution >= 4 is 5.91 Å². The van der Waals surface area contributed by atoms with Gasteiger partial charge in [-0.25, -0.2) is 4.68 Å². The Morgan fingerprint density at radius 1 is 1.33 bits per heavy atom. The third-order valence-electron chi connectivity index (χ3n) is 3.06. The Hall–Kier alpha value is -2.57. The summed E-state index contributed by atoms with van der Waals surface area (Å²) in [6.45, 7) is 6.16. The van der Waals surface area contributed by atoms with Crippen molar-refractivity contribution in [3.05, 3.63) is 29.6 Å². The largest absolute Gasteiger partial charge is 0.508 e. The Labute approximate surface area is 122 Å². The predicted octanol–water partition coefficient (Wildman–Crippen LogP) is 1.55. The van der Waals surface area contributed by atoms with Gasteiger partial charge >= 0.3 is 0 Å². The molecule has 0 aliphatic rings. The van der Waals surface area contributed by atoms with Gasteiger partial charge in [0.05, 0.1) is 6.20 Å². The molecule has 2 rings (SSSR count). The van der Waals surface area contributed by atoms with Crippen LogP contribution in [0.5, 0.6) is 11.5 Å². The molecule has 7 nitrogen and oxygen atoms in total. The molecule has 1 amide bonds. The van der Waals surface area contributed by atoms with E-state index in [1.54, 1.807) is 6.07 Å². The molecule has 1 aromatic carbocycles. The topological polar surface area (TPSA) is 100 Å². The van der Waals surface area contributed by atoms with Gasteiger partial charge in [0.2, 0.25) is 0 Å². The highest BCUT2D eigenvalue weighted by Gasteiger charge is 2.16. The monoisotopic (exact) mass is 290 g/mol. The molecular weight excluding hydrogens is 272 g/mol. The molecule has 0 bridgehead atoms. The smallest absolute Gasteiger partial charge is 0.273 e. The first kappa shape index (κ1) is 14.8. The van der Waals surface area contributed by atoms with Crippen molar-refractivity contribution in [1.29, 1.82) is 0 Å². The van der Waals surface area contributed by atoms with Crippen LogP contribution in [0.15, 0.2) is 18.3 Å². The molecule has 0 aliphatic carbocycles. The maximum absolute atomic E-state index is 11.7. The molecule has 0 fully saturated rings. The molecular formula is C14H18N4O3. The van der Waals surface area contributed by atoms with E-state index in [0.29, 0.717) is 17.8 Å². The van der Waals surface area contributed by atoms with E-state index < -0.39 is 0 Å². The number of nitrogens with zero attached hydrogens (tertiary/aromatic N) is 3. The first-order valence-electron chi connectivity index (χ1n) is 6.70. The molecule has 0 spiro atoms. The fourth-order valence-electron chi connectivity index (χ4n) is 1.96. The third-order valence-corrected chi connectivity index (χ3v) is 3.06. The van der Waals surface area contributed by atoms with Gasteiger partial charge in [0.1, 0.15) is 17.2 Å². The molecule has 112 valence electrons. The van der Waals surface area contributed by atoms with E-state index >= 15 is 0 Å². The molecule has 7 heteroatoms. The molecule has 1 heterocycles. The highest BCUT2D eigenvalue weighted by molar-refractivity contribution is 5.91. The van der Waals surface area contributed by atoms with Crippen LogP contribution in [0.1, 0.15) is 42.7 Å². The second-order valence-electron chi connectivity index (χ2n) is 4.96. The van der Waals surface area contributed by atoms with Crippen molar-refractivity contribution in [1.82, 2.24) is 20.3 Å². The van der Waals surface area contributed by atoms with Crippen molar-refractivity contribution in [3.63, 3.8) is 0 Å². The highest BCUT2D eigenvalue weighted by Crippen LogP contribution is 2.33. The van der Waals surface area contributed by atoms with Gasteiger partial charge in [-0.15, -0.1) is 5.10 Å². The van der Waals surface area contributed by atoms with Crippen molar-refractivity contribution in [2.75, 3.05) is 6.54 Å². The van der Waals surface area contributed by atoms with Crippen LogP contribution < -0.4 is 5.32 Å². The number of carbonyl (C=O) groups is 1. The fourth-order valence-corrected chi connectivity index (χ4v) is 1.96. The summed E-state index contributed by atoms with van der Waals surface area (Å²) in [4.78, 5) is 11.7. The van der Waals surface area contributed by atoms with Gasteiger partial charge in [-0.2, -0.15) is 0 Å². The van der Waals surface area contributed by atoms with Crippen LogP contribution >= 0.6 is 0 Å². The number of carbonyl (C=O) groups excluding carboxylic acids is 1. The number of amides is 1. The van der Waals surface area contributed by atoms with Crippen molar-refractivity contribution < 1.29 is 15.0 Å². The number of phenols is 2. The third kappa shape index (κ3) is 2.96. The summed E-state index contributed by atoms with van der Waals surface area (Å²) < 4.78 is 1.31. The molecule has 0 atom stereocenters. The van der Waals surface area contributed by atoms with Gasteiger partial charge in [0.15, 0.2) is 5.69 Å². The molecule has 0 saturated heterocycles. The normalized spacial score (nSPS) is 10.9. The molecule has 0 radical (unpaired) electrons. The molecule has 0 saturated carbocycles. The maximum atomic E-state index is 11.7. The summed E-state index contributed by atoms with van der Waals surface area (Å²) >= 11 is 0. The molecule has 2 aromatic rings. The Morgan fingerprint density at radius 3 is 2.67 bits per heavy atom. The summed E-state index contributed by atoms with van der Waals surface area (Å²) in [5.41, 5.74) is 1.20. The Kier molecular flexibility index (Phi) is 4.11. The van der Waals surface area contributed by atoms with Crippen LogP contribution in [0.3, 0.4) is 0 Å². The van der Waals surface area contributed by atoms with Crippen LogP contribution in [0.4, 0.5) is 0 Å². The zero-order chi connectivity index (χ0) is 15.6. The van der Waals surface area contributed by atoms with Crippen LogP contribution in [-0.2, 0) is 0 Å². The highest BCUT2D eigenvalue weighted by atomic mass is 16.3. The van der Waals surface area contributed by atoms with E-state index in [4.69, 9.17) is 0 Å². The Balaban J connectivity index is 2.42. The van der Waals surface area contributed by atoms with Gasteiger partial charge in [-0.05, 0) is 24.5 Å². The van der Waals surface area contributed by atoms with E-state index in [1.807, 2.05) is 20.8 Å². The standard InChI is InChI=1S/C14H18N4O3/c1-4-15-14(21)10-7-18(17-16-10)11-5-9(8(2)3)12(19)6-13(11)20/h5-8,19-20H,4H2,1-3H3,(H,15,21). The summed E-state index contributed by atoms with van der Waals surface area (Å²) in [6, 6.07) is 2.89. The lowest BCUT2D eigenvalue weighted by Crippen LogP contribution is -2.22. The number of phenolic OH excluding ortho intramolecular Hbond substituents is 2. The van der Waals surface area contributed by atoms with E-state index in [-0.39, 0.29) is 29.0 Å². The van der Waals surface area contributed by atoms with Gasteiger partial charge in [-0.1, -0.05) is 19.1 Å². The molecule has 3 N–H and O–H groups in total. The minimum atomic E-state index is -0.328. The van der Waals surface area contributed by atoms with E-state index in [2.05, 4.69) is 15.6 Å². The number of benzene rings is 1. The van der Waals surface area contributed by atoms with Crippen LogP contribution in [0, 0.1) is 0 Å². The second kappa shape index (κ2) is 5.82. The zero-order valence-electron chi connectivity index (χ0n) is 12.2. The lowest BCUT2D eigenvalue weighted by molar-refractivity contribution is 0.0950. The quantitative estimate of drug-likeness (QED) is 0.793. The molecule has 21 heavy (non-hydrogen) atoms. The zero-order valence-corrected chi connectivity index (χ0v) is 12.2.